The number of thiazole rings is 1. The van der Waals surface area contributed by atoms with Gasteiger partial charge in [0.25, 0.3) is 0 Å². The van der Waals surface area contributed by atoms with Gasteiger partial charge in [0.15, 0.2) is 11.5 Å². The first-order valence-corrected chi connectivity index (χ1v) is 8.06. The van der Waals surface area contributed by atoms with Crippen LogP contribution in [0.15, 0.2) is 22.0 Å². The third-order valence-electron chi connectivity index (χ3n) is 2.93. The van der Waals surface area contributed by atoms with Crippen LogP contribution in [-0.4, -0.2) is 29.3 Å². The number of carboxylic acid groups (broad SMARTS) is 1. The number of benzene rings is 1. The molecule has 0 saturated carbocycles. The van der Waals surface area contributed by atoms with Gasteiger partial charge in [-0.15, -0.1) is 11.3 Å². The molecule has 3 rings (SSSR count). The van der Waals surface area contributed by atoms with E-state index < -0.39 is 5.97 Å². The first kappa shape index (κ1) is 14.3. The molecule has 0 amide bonds. The molecule has 2 heterocycles. The summed E-state index contributed by atoms with van der Waals surface area (Å²) in [4.78, 5) is 15.1. The lowest BCUT2D eigenvalue weighted by atomic mass is 10.2. The van der Waals surface area contributed by atoms with Gasteiger partial charge in [0.1, 0.15) is 5.01 Å². The number of fused-ring (bicyclic) bond motifs is 1. The van der Waals surface area contributed by atoms with Gasteiger partial charge in [0, 0.05) is 17.4 Å². The van der Waals surface area contributed by atoms with Gasteiger partial charge in [-0.3, -0.25) is 4.79 Å². The molecular weight excluding hydrogens is 358 g/mol. The van der Waals surface area contributed by atoms with Crippen molar-refractivity contribution in [2.24, 2.45) is 0 Å². The molecule has 1 aliphatic rings. The van der Waals surface area contributed by atoms with Gasteiger partial charge in [-0.2, -0.15) is 0 Å². The van der Waals surface area contributed by atoms with E-state index in [1.165, 1.54) is 11.3 Å². The summed E-state index contributed by atoms with van der Waals surface area (Å²) in [6, 6.07) is 3.80. The Labute approximate surface area is 133 Å². The van der Waals surface area contributed by atoms with Crippen LogP contribution in [0.25, 0.3) is 10.6 Å². The molecule has 0 radical (unpaired) electrons. The van der Waals surface area contributed by atoms with Crippen LogP contribution in [0, 0.1) is 0 Å². The number of carboxylic acids is 1. The van der Waals surface area contributed by atoms with Crippen molar-refractivity contribution in [3.8, 4) is 22.1 Å². The smallest absolute Gasteiger partial charge is 0.309 e. The standard InChI is InChI=1S/C14H12BrNO4S/c15-10-4-8(5-11-13(10)20-3-1-2-19-11)14-16-9(7-21-14)6-12(17)18/h4-5,7H,1-3,6H2,(H,17,18). The first-order chi connectivity index (χ1) is 10.1. The van der Waals surface area contributed by atoms with E-state index in [9.17, 15) is 4.79 Å². The van der Waals surface area contributed by atoms with Gasteiger partial charge < -0.3 is 14.6 Å². The summed E-state index contributed by atoms with van der Waals surface area (Å²) in [5, 5.41) is 11.3. The number of carbonyl (C=O) groups is 1. The van der Waals surface area contributed by atoms with Crippen LogP contribution in [0.5, 0.6) is 11.5 Å². The molecule has 1 aliphatic heterocycles. The molecule has 1 aromatic carbocycles. The molecule has 0 spiro atoms. The van der Waals surface area contributed by atoms with Crippen molar-refractivity contribution in [3.05, 3.63) is 27.7 Å². The Morgan fingerprint density at radius 3 is 3.00 bits per heavy atom. The minimum atomic E-state index is -0.883. The van der Waals surface area contributed by atoms with Crippen molar-refractivity contribution in [3.63, 3.8) is 0 Å². The Balaban J connectivity index is 1.95. The second-order valence-corrected chi connectivity index (χ2v) is 6.26. The van der Waals surface area contributed by atoms with Gasteiger partial charge in [-0.25, -0.2) is 4.98 Å². The topological polar surface area (TPSA) is 68.7 Å². The van der Waals surface area contributed by atoms with E-state index in [1.807, 2.05) is 12.1 Å². The number of hydrogen-bond acceptors (Lipinski definition) is 5. The summed E-state index contributed by atoms with van der Waals surface area (Å²) < 4.78 is 12.2. The third kappa shape index (κ3) is 3.19. The van der Waals surface area contributed by atoms with Crippen molar-refractivity contribution in [1.82, 2.24) is 4.98 Å². The number of halogens is 1. The summed E-state index contributed by atoms with van der Waals surface area (Å²) >= 11 is 4.91. The maximum Gasteiger partial charge on any atom is 0.309 e. The fraction of sp³-hybridized carbons (Fsp3) is 0.286. The minimum absolute atomic E-state index is 0.0672. The largest absolute Gasteiger partial charge is 0.489 e. The predicted molar refractivity (Wildman–Crippen MR) is 82.2 cm³/mol. The van der Waals surface area contributed by atoms with E-state index >= 15 is 0 Å². The molecule has 0 unspecified atom stereocenters. The third-order valence-corrected chi connectivity index (χ3v) is 4.46. The first-order valence-electron chi connectivity index (χ1n) is 6.39. The Hall–Kier alpha value is -1.60. The Morgan fingerprint density at radius 2 is 2.19 bits per heavy atom. The maximum atomic E-state index is 10.7. The van der Waals surface area contributed by atoms with E-state index in [4.69, 9.17) is 14.6 Å². The molecule has 110 valence electrons. The SMILES string of the molecule is O=C(O)Cc1csc(-c2cc(Br)c3c(c2)OCCCO3)n1. The molecule has 0 aliphatic carbocycles. The van der Waals surface area contributed by atoms with Crippen LogP contribution in [0.1, 0.15) is 12.1 Å². The van der Waals surface area contributed by atoms with Crippen molar-refractivity contribution in [2.45, 2.75) is 12.8 Å². The summed E-state index contributed by atoms with van der Waals surface area (Å²) in [7, 11) is 0. The predicted octanol–water partition coefficient (Wildman–Crippen LogP) is 3.36. The molecule has 1 N–H and O–H groups in total. The average molecular weight is 370 g/mol. The lowest BCUT2D eigenvalue weighted by Crippen LogP contribution is -1.99. The van der Waals surface area contributed by atoms with Gasteiger partial charge in [-0.05, 0) is 28.1 Å². The summed E-state index contributed by atoms with van der Waals surface area (Å²) in [5.41, 5.74) is 1.44. The monoisotopic (exact) mass is 369 g/mol. The van der Waals surface area contributed by atoms with Crippen LogP contribution in [0.4, 0.5) is 0 Å². The zero-order valence-electron chi connectivity index (χ0n) is 11.0. The summed E-state index contributed by atoms with van der Waals surface area (Å²) in [5.74, 6) is 0.511. The Kier molecular flexibility index (Phi) is 4.12. The van der Waals surface area contributed by atoms with Crippen LogP contribution in [0.3, 0.4) is 0 Å². The van der Waals surface area contributed by atoms with E-state index in [2.05, 4.69) is 20.9 Å². The molecule has 5 nitrogen and oxygen atoms in total. The van der Waals surface area contributed by atoms with Crippen LogP contribution >= 0.6 is 27.3 Å². The molecule has 0 atom stereocenters. The maximum absolute atomic E-state index is 10.7. The highest BCUT2D eigenvalue weighted by Crippen LogP contribution is 2.41. The van der Waals surface area contributed by atoms with E-state index in [0.717, 1.165) is 21.5 Å². The molecular formula is C14H12BrNO4S. The number of aliphatic carboxylic acids is 1. The van der Waals surface area contributed by atoms with E-state index in [0.29, 0.717) is 30.4 Å². The van der Waals surface area contributed by atoms with Crippen LogP contribution in [-0.2, 0) is 11.2 Å². The Morgan fingerprint density at radius 1 is 1.38 bits per heavy atom. The fourth-order valence-electron chi connectivity index (χ4n) is 2.03. The lowest BCUT2D eigenvalue weighted by molar-refractivity contribution is -0.136. The highest BCUT2D eigenvalue weighted by molar-refractivity contribution is 9.10. The number of nitrogens with zero attached hydrogens (tertiary/aromatic N) is 1. The molecule has 2 aromatic rings. The molecule has 1 aromatic heterocycles. The second-order valence-electron chi connectivity index (χ2n) is 4.55. The van der Waals surface area contributed by atoms with E-state index in [1.54, 1.807) is 5.38 Å². The van der Waals surface area contributed by atoms with Crippen molar-refractivity contribution in [2.75, 3.05) is 13.2 Å². The minimum Gasteiger partial charge on any atom is -0.489 e. The van der Waals surface area contributed by atoms with Gasteiger partial charge >= 0.3 is 5.97 Å². The fourth-order valence-corrected chi connectivity index (χ4v) is 3.39. The highest BCUT2D eigenvalue weighted by atomic mass is 79.9. The zero-order valence-corrected chi connectivity index (χ0v) is 13.4. The molecule has 0 fully saturated rings. The van der Waals surface area contributed by atoms with Crippen molar-refractivity contribution < 1.29 is 19.4 Å². The molecule has 21 heavy (non-hydrogen) atoms. The lowest BCUT2D eigenvalue weighted by Gasteiger charge is -2.10. The van der Waals surface area contributed by atoms with Crippen LogP contribution < -0.4 is 9.47 Å². The van der Waals surface area contributed by atoms with Crippen molar-refractivity contribution >= 4 is 33.2 Å². The molecule has 0 saturated heterocycles. The van der Waals surface area contributed by atoms with Crippen LogP contribution in [0.2, 0.25) is 0 Å². The van der Waals surface area contributed by atoms with E-state index in [-0.39, 0.29) is 6.42 Å². The number of rotatable bonds is 3. The summed E-state index contributed by atoms with van der Waals surface area (Å²) in [6.07, 6.45) is 0.776. The molecule has 7 heteroatoms. The molecule has 0 bridgehead atoms. The average Bonchev–Trinajstić information content (AvgIpc) is 2.74. The Bertz CT molecular complexity index is 686. The highest BCUT2D eigenvalue weighted by Gasteiger charge is 2.17. The number of aromatic nitrogens is 1. The van der Waals surface area contributed by atoms with Gasteiger partial charge in [0.05, 0.1) is 29.8 Å². The normalized spacial score (nSPS) is 13.8. The quantitative estimate of drug-likeness (QED) is 0.897. The van der Waals surface area contributed by atoms with Gasteiger partial charge in [-0.1, -0.05) is 0 Å². The second kappa shape index (κ2) is 6.03. The van der Waals surface area contributed by atoms with Crippen molar-refractivity contribution in [1.29, 1.82) is 0 Å². The van der Waals surface area contributed by atoms with Gasteiger partial charge in [0.2, 0.25) is 0 Å². The zero-order chi connectivity index (χ0) is 14.8. The summed E-state index contributed by atoms with van der Waals surface area (Å²) in [6.45, 7) is 1.25. The number of ether oxygens (including phenoxy) is 2. The number of hydrogen-bond donors (Lipinski definition) is 1.